The highest BCUT2D eigenvalue weighted by molar-refractivity contribution is 8.00. The smallest absolute Gasteiger partial charge is 0.338 e. The summed E-state index contributed by atoms with van der Waals surface area (Å²) in [6.07, 6.45) is -1.61. The zero-order valence-electron chi connectivity index (χ0n) is 19.6. The van der Waals surface area contributed by atoms with Gasteiger partial charge < -0.3 is 18.9 Å². The van der Waals surface area contributed by atoms with E-state index < -0.39 is 40.8 Å². The van der Waals surface area contributed by atoms with E-state index in [0.717, 1.165) is 5.56 Å². The van der Waals surface area contributed by atoms with Gasteiger partial charge in [0.1, 0.15) is 18.8 Å². The first kappa shape index (κ1) is 25.5. The van der Waals surface area contributed by atoms with Gasteiger partial charge in [-0.25, -0.2) is 9.59 Å². The molecule has 1 heterocycles. The highest BCUT2D eigenvalue weighted by Gasteiger charge is 2.50. The van der Waals surface area contributed by atoms with Gasteiger partial charge in [0.15, 0.2) is 5.44 Å². The lowest BCUT2D eigenvalue weighted by Crippen LogP contribution is -2.41. The number of ether oxygens (including phenoxy) is 4. The van der Waals surface area contributed by atoms with E-state index in [2.05, 4.69) is 0 Å². The van der Waals surface area contributed by atoms with Gasteiger partial charge in [0.05, 0.1) is 23.0 Å². The highest BCUT2D eigenvalue weighted by atomic mass is 32.2. The van der Waals surface area contributed by atoms with Crippen LogP contribution in [0.15, 0.2) is 91.0 Å². The van der Waals surface area contributed by atoms with Gasteiger partial charge in [0.25, 0.3) is 0 Å². The number of hydrogen-bond acceptors (Lipinski definition) is 8. The Morgan fingerprint density at radius 3 is 1.86 bits per heavy atom. The van der Waals surface area contributed by atoms with Crippen LogP contribution in [0, 0.1) is 0 Å². The third-order valence-corrected chi connectivity index (χ3v) is 6.86. The average molecular weight is 507 g/mol. The number of benzene rings is 3. The lowest BCUT2D eigenvalue weighted by atomic mass is 10.1. The molecule has 0 amide bonds. The lowest BCUT2D eigenvalue weighted by Gasteiger charge is -2.25. The zero-order valence-corrected chi connectivity index (χ0v) is 20.5. The standard InChI is InChI=1S/C28H26O7S/c1-19(29)34-28-25(32-17-20-11-5-2-6-12-20)24(35-27(31)22-15-9-4-10-16-22)23(36-28)18-33-26(30)21-13-7-3-8-14-21/h2-16,23-25,28H,17-18H2,1H3/t23-,24+,25-,28?/m0/s1. The molecule has 186 valence electrons. The molecule has 0 aromatic heterocycles. The molecule has 0 N–H and O–H groups in total. The molecule has 0 aliphatic carbocycles. The molecule has 1 fully saturated rings. The molecule has 0 spiro atoms. The summed E-state index contributed by atoms with van der Waals surface area (Å²) in [7, 11) is 0. The van der Waals surface area contributed by atoms with E-state index in [9.17, 15) is 14.4 Å². The molecule has 1 aliphatic rings. The molecule has 3 aromatic carbocycles. The number of hydrogen-bond donors (Lipinski definition) is 0. The molecule has 36 heavy (non-hydrogen) atoms. The molecular weight excluding hydrogens is 480 g/mol. The summed E-state index contributed by atoms with van der Waals surface area (Å²) < 4.78 is 23.1. The lowest BCUT2D eigenvalue weighted by molar-refractivity contribution is -0.152. The summed E-state index contributed by atoms with van der Waals surface area (Å²) in [5.74, 6) is -1.53. The molecule has 3 aromatic rings. The maximum Gasteiger partial charge on any atom is 0.338 e. The Balaban J connectivity index is 1.54. The fourth-order valence-electron chi connectivity index (χ4n) is 3.75. The van der Waals surface area contributed by atoms with Crippen molar-refractivity contribution in [3.63, 3.8) is 0 Å². The highest BCUT2D eigenvalue weighted by Crippen LogP contribution is 2.40. The quantitative estimate of drug-likeness (QED) is 0.306. The summed E-state index contributed by atoms with van der Waals surface area (Å²) >= 11 is 1.24. The normalized spacial score (nSPS) is 20.9. The van der Waals surface area contributed by atoms with E-state index in [1.807, 2.05) is 30.3 Å². The Bertz CT molecular complexity index is 1150. The van der Waals surface area contributed by atoms with Crippen LogP contribution in [0.5, 0.6) is 0 Å². The molecule has 1 unspecified atom stereocenters. The Kier molecular flexibility index (Phi) is 8.76. The summed E-state index contributed by atoms with van der Waals surface area (Å²) in [6.45, 7) is 1.47. The molecular formula is C28H26O7S. The van der Waals surface area contributed by atoms with Crippen LogP contribution in [0.4, 0.5) is 0 Å². The first-order chi connectivity index (χ1) is 17.5. The maximum absolute atomic E-state index is 13.0. The van der Waals surface area contributed by atoms with E-state index >= 15 is 0 Å². The van der Waals surface area contributed by atoms with Crippen LogP contribution in [0.1, 0.15) is 33.2 Å². The van der Waals surface area contributed by atoms with Gasteiger partial charge in [-0.1, -0.05) is 66.7 Å². The third kappa shape index (κ3) is 6.74. The molecule has 0 radical (unpaired) electrons. The van der Waals surface area contributed by atoms with Crippen molar-refractivity contribution in [1.29, 1.82) is 0 Å². The van der Waals surface area contributed by atoms with Crippen molar-refractivity contribution in [2.45, 2.75) is 36.4 Å². The van der Waals surface area contributed by atoms with Crippen LogP contribution in [0.25, 0.3) is 0 Å². The monoisotopic (exact) mass is 506 g/mol. The first-order valence-corrected chi connectivity index (χ1v) is 12.4. The number of carbonyl (C=O) groups excluding carboxylic acids is 3. The van der Waals surface area contributed by atoms with Crippen molar-refractivity contribution in [3.8, 4) is 0 Å². The molecule has 1 aliphatic heterocycles. The Morgan fingerprint density at radius 1 is 0.722 bits per heavy atom. The van der Waals surface area contributed by atoms with Crippen LogP contribution in [0.2, 0.25) is 0 Å². The van der Waals surface area contributed by atoms with E-state index in [1.165, 1.54) is 18.7 Å². The maximum atomic E-state index is 13.0. The van der Waals surface area contributed by atoms with Crippen molar-refractivity contribution < 1.29 is 33.3 Å². The number of thioether (sulfide) groups is 1. The van der Waals surface area contributed by atoms with Gasteiger partial charge in [-0.05, 0) is 29.8 Å². The van der Waals surface area contributed by atoms with Crippen LogP contribution >= 0.6 is 11.8 Å². The number of esters is 3. The van der Waals surface area contributed by atoms with Crippen LogP contribution in [0.3, 0.4) is 0 Å². The SMILES string of the molecule is CC(=O)OC1S[C@@H](COC(=O)c2ccccc2)[C@@H](OC(=O)c2ccccc2)[C@@H]1OCc1ccccc1. The Labute approximate surface area is 213 Å². The van der Waals surface area contributed by atoms with Gasteiger partial charge in [-0.15, -0.1) is 11.8 Å². The second-order valence-corrected chi connectivity index (χ2v) is 9.46. The summed E-state index contributed by atoms with van der Waals surface area (Å²) in [5, 5.41) is -0.518. The van der Waals surface area contributed by atoms with Crippen LogP contribution < -0.4 is 0 Å². The first-order valence-electron chi connectivity index (χ1n) is 11.5. The predicted molar refractivity (Wildman–Crippen MR) is 134 cm³/mol. The second-order valence-electron chi connectivity index (χ2n) is 8.11. The molecule has 0 bridgehead atoms. The fraction of sp³-hybridized carbons (Fsp3) is 0.250. The summed E-state index contributed by atoms with van der Waals surface area (Å²) in [6, 6.07) is 26.7. The van der Waals surface area contributed by atoms with Crippen molar-refractivity contribution in [2.24, 2.45) is 0 Å². The van der Waals surface area contributed by atoms with Crippen LogP contribution in [-0.4, -0.2) is 47.4 Å². The van der Waals surface area contributed by atoms with Gasteiger partial charge in [0, 0.05) is 6.92 Å². The number of carbonyl (C=O) groups is 3. The topological polar surface area (TPSA) is 88.1 Å². The summed E-state index contributed by atoms with van der Waals surface area (Å²) in [5.41, 5.74) is 0.948. The van der Waals surface area contributed by atoms with Crippen molar-refractivity contribution in [2.75, 3.05) is 6.61 Å². The minimum Gasteiger partial charge on any atom is -0.461 e. The fourth-order valence-corrected chi connectivity index (χ4v) is 5.19. The molecule has 4 rings (SSSR count). The van der Waals surface area contributed by atoms with Gasteiger partial charge >= 0.3 is 17.9 Å². The van der Waals surface area contributed by atoms with Crippen molar-refractivity contribution in [1.82, 2.24) is 0 Å². The van der Waals surface area contributed by atoms with Gasteiger partial charge in [0.2, 0.25) is 0 Å². The third-order valence-electron chi connectivity index (χ3n) is 5.48. The van der Waals surface area contributed by atoms with Crippen LogP contribution in [-0.2, 0) is 30.3 Å². The van der Waals surface area contributed by atoms with E-state index in [0.29, 0.717) is 11.1 Å². The average Bonchev–Trinajstić information content (AvgIpc) is 3.22. The molecule has 7 nitrogen and oxygen atoms in total. The summed E-state index contributed by atoms with van der Waals surface area (Å²) in [4.78, 5) is 37.3. The van der Waals surface area contributed by atoms with Gasteiger partial charge in [-0.3, -0.25) is 4.79 Å². The molecule has 1 saturated heterocycles. The molecule has 4 atom stereocenters. The zero-order chi connectivity index (χ0) is 25.3. The second kappa shape index (κ2) is 12.4. The minimum atomic E-state index is -0.834. The van der Waals surface area contributed by atoms with E-state index in [1.54, 1.807) is 60.7 Å². The minimum absolute atomic E-state index is 0.0614. The predicted octanol–water partition coefficient (Wildman–Crippen LogP) is 4.66. The van der Waals surface area contributed by atoms with Crippen molar-refractivity contribution in [3.05, 3.63) is 108 Å². The Morgan fingerprint density at radius 2 is 1.28 bits per heavy atom. The molecule has 0 saturated carbocycles. The van der Waals surface area contributed by atoms with E-state index in [-0.39, 0.29) is 13.2 Å². The van der Waals surface area contributed by atoms with Gasteiger partial charge in [-0.2, -0.15) is 0 Å². The Hall–Kier alpha value is -3.62. The van der Waals surface area contributed by atoms with E-state index in [4.69, 9.17) is 18.9 Å². The van der Waals surface area contributed by atoms with Crippen molar-refractivity contribution >= 4 is 29.7 Å². The molecule has 8 heteroatoms. The number of rotatable bonds is 9. The largest absolute Gasteiger partial charge is 0.461 e.